The van der Waals surface area contributed by atoms with E-state index < -0.39 is 101 Å². The molecule has 0 spiro atoms. The highest BCUT2D eigenvalue weighted by Gasteiger charge is 2.63. The summed E-state index contributed by atoms with van der Waals surface area (Å²) in [4.78, 5) is 79.0. The lowest BCUT2D eigenvalue weighted by Crippen LogP contribution is -2.58. The van der Waals surface area contributed by atoms with Crippen LogP contribution in [-0.2, 0) is 47.7 Å². The molecule has 1 aromatic rings. The SMILES string of the molecule is C=C1C(OC(=O)C(C)C)C(OC(C)=O)C(OC(C)=O)C(C)(C)C=CC(C)C(=O)C2(O)CC(C)C(OC(=O)c3ccccc3)C2C1OC(C)=O. The third kappa shape index (κ3) is 8.83. The summed E-state index contributed by atoms with van der Waals surface area (Å²) in [5, 5.41) is 12.5. The zero-order chi connectivity index (χ0) is 37.0. The van der Waals surface area contributed by atoms with E-state index in [4.69, 9.17) is 23.7 Å². The molecule has 0 aliphatic heterocycles. The summed E-state index contributed by atoms with van der Waals surface area (Å²) in [6.07, 6.45) is -4.48. The van der Waals surface area contributed by atoms with Gasteiger partial charge in [0, 0.05) is 37.7 Å². The van der Waals surface area contributed by atoms with Gasteiger partial charge in [-0.1, -0.05) is 78.5 Å². The number of carbonyl (C=O) groups excluding carboxylic acids is 6. The molecule has 0 heterocycles. The first-order valence-corrected chi connectivity index (χ1v) is 16.3. The average molecular weight is 685 g/mol. The molecule has 0 radical (unpaired) electrons. The normalized spacial score (nSPS) is 31.4. The predicted octanol–water partition coefficient (Wildman–Crippen LogP) is 4.32. The average Bonchev–Trinajstić information content (AvgIpc) is 3.27. The van der Waals surface area contributed by atoms with E-state index in [2.05, 4.69) is 6.58 Å². The molecule has 9 unspecified atom stereocenters. The van der Waals surface area contributed by atoms with Gasteiger partial charge in [0.25, 0.3) is 0 Å². The van der Waals surface area contributed by atoms with Gasteiger partial charge in [-0.3, -0.25) is 24.0 Å². The quantitative estimate of drug-likeness (QED) is 0.246. The Morgan fingerprint density at radius 1 is 0.837 bits per heavy atom. The number of ether oxygens (including phenoxy) is 5. The summed E-state index contributed by atoms with van der Waals surface area (Å²) in [6, 6.07) is 8.09. The zero-order valence-electron chi connectivity index (χ0n) is 29.6. The molecular weight excluding hydrogens is 636 g/mol. The van der Waals surface area contributed by atoms with Crippen LogP contribution in [0, 0.1) is 29.1 Å². The number of hydrogen-bond acceptors (Lipinski definition) is 12. The smallest absolute Gasteiger partial charge is 0.338 e. The Kier molecular flexibility index (Phi) is 12.4. The van der Waals surface area contributed by atoms with Crippen LogP contribution in [0.3, 0.4) is 0 Å². The molecule has 1 aromatic carbocycles. The Bertz CT molecular complexity index is 1480. The highest BCUT2D eigenvalue weighted by atomic mass is 16.6. The maximum absolute atomic E-state index is 14.3. The van der Waals surface area contributed by atoms with Crippen LogP contribution in [-0.4, -0.2) is 76.9 Å². The first-order valence-electron chi connectivity index (χ1n) is 16.3. The standard InChI is InChI=1S/C37H48O12/c1-19(2)34(42)49-30-22(5)29(45-23(6)38)27-28(48-35(43)26-14-12-11-13-15-26)21(4)18-37(27,44)32(41)20(3)16-17-36(9,10)33(47-25(8)40)31(30)46-24(7)39/h11-17,19-21,27-31,33,44H,5,18H2,1-4,6-10H3. The van der Waals surface area contributed by atoms with Crippen molar-refractivity contribution in [2.45, 2.75) is 105 Å². The third-order valence-electron chi connectivity index (χ3n) is 9.00. The Morgan fingerprint density at radius 2 is 1.41 bits per heavy atom. The number of esters is 5. The van der Waals surface area contributed by atoms with Crippen LogP contribution in [0.4, 0.5) is 0 Å². The van der Waals surface area contributed by atoms with Crippen LogP contribution in [0.15, 0.2) is 54.6 Å². The summed E-state index contributed by atoms with van der Waals surface area (Å²) >= 11 is 0. The molecule has 268 valence electrons. The number of aliphatic hydroxyl groups is 1. The predicted molar refractivity (Wildman–Crippen MR) is 175 cm³/mol. The molecule has 1 N–H and O–H groups in total. The number of carbonyl (C=O) groups is 6. The Labute approximate surface area is 287 Å². The highest BCUT2D eigenvalue weighted by molar-refractivity contribution is 5.92. The van der Waals surface area contributed by atoms with Crippen LogP contribution in [0.25, 0.3) is 0 Å². The lowest BCUT2D eigenvalue weighted by molar-refractivity contribution is -0.192. The van der Waals surface area contributed by atoms with Crippen molar-refractivity contribution in [3.63, 3.8) is 0 Å². The Balaban J connectivity index is 2.40. The van der Waals surface area contributed by atoms with Gasteiger partial charge in [-0.25, -0.2) is 4.79 Å². The van der Waals surface area contributed by atoms with Gasteiger partial charge in [0.2, 0.25) is 0 Å². The van der Waals surface area contributed by atoms with Crippen LogP contribution in [0.5, 0.6) is 0 Å². The monoisotopic (exact) mass is 684 g/mol. The molecule has 12 nitrogen and oxygen atoms in total. The summed E-state index contributed by atoms with van der Waals surface area (Å²) in [7, 11) is 0. The first-order chi connectivity index (χ1) is 22.7. The fraction of sp³-hybridized carbons (Fsp3) is 0.568. The van der Waals surface area contributed by atoms with Crippen LogP contribution < -0.4 is 0 Å². The van der Waals surface area contributed by atoms with Crippen molar-refractivity contribution in [2.75, 3.05) is 0 Å². The molecular formula is C37H48O12. The molecule has 0 saturated heterocycles. The Hall–Kier alpha value is -4.32. The van der Waals surface area contributed by atoms with Crippen molar-refractivity contribution in [1.29, 1.82) is 0 Å². The van der Waals surface area contributed by atoms with Crippen molar-refractivity contribution in [3.05, 3.63) is 60.2 Å². The summed E-state index contributed by atoms with van der Waals surface area (Å²) in [5.41, 5.74) is -3.44. The minimum absolute atomic E-state index is 0.185. The first kappa shape index (κ1) is 39.1. The summed E-state index contributed by atoms with van der Waals surface area (Å²) in [6.45, 7) is 17.2. The van der Waals surface area contributed by atoms with E-state index >= 15 is 0 Å². The fourth-order valence-corrected chi connectivity index (χ4v) is 6.61. The minimum Gasteiger partial charge on any atom is -0.458 e. The van der Waals surface area contributed by atoms with Crippen molar-refractivity contribution < 1.29 is 57.6 Å². The van der Waals surface area contributed by atoms with Gasteiger partial charge in [0.05, 0.1) is 17.4 Å². The second-order valence-electron chi connectivity index (χ2n) is 13.9. The molecule has 9 atom stereocenters. The van der Waals surface area contributed by atoms with Gasteiger partial charge < -0.3 is 28.8 Å². The maximum atomic E-state index is 14.3. The highest BCUT2D eigenvalue weighted by Crippen LogP contribution is 2.49. The molecule has 2 aliphatic rings. The van der Waals surface area contributed by atoms with E-state index in [-0.39, 0.29) is 17.6 Å². The van der Waals surface area contributed by atoms with Crippen molar-refractivity contribution >= 4 is 35.6 Å². The lowest BCUT2D eigenvalue weighted by Gasteiger charge is -2.44. The number of rotatable bonds is 7. The fourth-order valence-electron chi connectivity index (χ4n) is 6.61. The van der Waals surface area contributed by atoms with Gasteiger partial charge in [-0.15, -0.1) is 0 Å². The van der Waals surface area contributed by atoms with E-state index in [1.165, 1.54) is 18.2 Å². The minimum atomic E-state index is -2.25. The summed E-state index contributed by atoms with van der Waals surface area (Å²) in [5.74, 6) is -8.37. The van der Waals surface area contributed by atoms with E-state index in [1.54, 1.807) is 65.8 Å². The second-order valence-corrected chi connectivity index (χ2v) is 13.9. The van der Waals surface area contributed by atoms with E-state index in [9.17, 15) is 33.9 Å². The number of benzene rings is 1. The van der Waals surface area contributed by atoms with Gasteiger partial charge >= 0.3 is 29.8 Å². The molecule has 0 aromatic heterocycles. The van der Waals surface area contributed by atoms with Gasteiger partial charge in [-0.05, 0) is 24.5 Å². The van der Waals surface area contributed by atoms with E-state index in [0.717, 1.165) is 20.8 Å². The molecule has 0 amide bonds. The maximum Gasteiger partial charge on any atom is 0.338 e. The third-order valence-corrected chi connectivity index (χ3v) is 9.00. The van der Waals surface area contributed by atoms with Crippen LogP contribution in [0.1, 0.15) is 79.1 Å². The number of hydrogen-bond donors (Lipinski definition) is 1. The van der Waals surface area contributed by atoms with Crippen LogP contribution >= 0.6 is 0 Å². The molecule has 1 saturated carbocycles. The molecule has 0 bridgehead atoms. The number of fused-ring (bicyclic) bond motifs is 1. The van der Waals surface area contributed by atoms with Gasteiger partial charge in [0.1, 0.15) is 17.8 Å². The van der Waals surface area contributed by atoms with Gasteiger partial charge in [0.15, 0.2) is 24.1 Å². The van der Waals surface area contributed by atoms with Crippen molar-refractivity contribution in [1.82, 2.24) is 0 Å². The Morgan fingerprint density at radius 3 is 1.94 bits per heavy atom. The largest absolute Gasteiger partial charge is 0.458 e. The van der Waals surface area contributed by atoms with Crippen molar-refractivity contribution in [2.24, 2.45) is 29.1 Å². The zero-order valence-corrected chi connectivity index (χ0v) is 29.6. The molecule has 12 heteroatoms. The second kappa shape index (κ2) is 15.5. The summed E-state index contributed by atoms with van der Waals surface area (Å²) < 4.78 is 29.3. The number of ketones is 1. The molecule has 2 aliphatic carbocycles. The van der Waals surface area contributed by atoms with E-state index in [0.29, 0.717) is 0 Å². The number of Topliss-reactive ketones (excluding diaryl/α,β-unsaturated/α-hetero) is 1. The number of allylic oxidation sites excluding steroid dienone is 1. The lowest BCUT2D eigenvalue weighted by atomic mass is 9.72. The van der Waals surface area contributed by atoms with Gasteiger partial charge in [-0.2, -0.15) is 0 Å². The topological polar surface area (TPSA) is 169 Å². The van der Waals surface area contributed by atoms with Crippen molar-refractivity contribution in [3.8, 4) is 0 Å². The molecule has 1 fully saturated rings. The molecule has 49 heavy (non-hydrogen) atoms. The molecule has 3 rings (SSSR count). The van der Waals surface area contributed by atoms with Crippen LogP contribution in [0.2, 0.25) is 0 Å². The van der Waals surface area contributed by atoms with E-state index in [1.807, 2.05) is 0 Å².